The molecule has 0 spiro atoms. The Labute approximate surface area is 231 Å². The fourth-order valence-corrected chi connectivity index (χ4v) is 5.52. The van der Waals surface area contributed by atoms with Crippen molar-refractivity contribution in [1.82, 2.24) is 10.0 Å². The van der Waals surface area contributed by atoms with Gasteiger partial charge in [0.25, 0.3) is 5.91 Å². The fourth-order valence-electron chi connectivity index (χ4n) is 5.28. The van der Waals surface area contributed by atoms with Crippen molar-refractivity contribution in [2.24, 2.45) is 5.41 Å². The number of pyridine rings is 1. The standard InChI is InChI=1S/C29H30Cl2N2O5/c30-20-6-4-19(5-7-20)24-2-1-3-25-26(24)29(15-23(36)10-13-34,14-22-9-8-21(31)16-32-22)33(27(25)37)38-18-28(17-35)11-12-28/h1-9,16,23,34-36H,10-15,17-18H2/t23?,29-/m1/s1. The number of benzene rings is 2. The maximum atomic E-state index is 14.0. The van der Waals surface area contributed by atoms with Crippen LogP contribution < -0.4 is 0 Å². The maximum Gasteiger partial charge on any atom is 0.278 e. The Morgan fingerprint density at radius 2 is 1.71 bits per heavy atom. The molecular weight excluding hydrogens is 527 g/mol. The monoisotopic (exact) mass is 556 g/mol. The summed E-state index contributed by atoms with van der Waals surface area (Å²) in [4.78, 5) is 24.8. The lowest BCUT2D eigenvalue weighted by atomic mass is 9.77. The van der Waals surface area contributed by atoms with Crippen LogP contribution in [0.15, 0.2) is 60.8 Å². The summed E-state index contributed by atoms with van der Waals surface area (Å²) < 4.78 is 0. The Morgan fingerprint density at radius 3 is 2.34 bits per heavy atom. The van der Waals surface area contributed by atoms with E-state index >= 15 is 0 Å². The molecule has 200 valence electrons. The van der Waals surface area contributed by atoms with Crippen LogP contribution in [0.1, 0.15) is 47.3 Å². The molecule has 5 rings (SSSR count). The molecule has 1 fully saturated rings. The maximum absolute atomic E-state index is 14.0. The first-order chi connectivity index (χ1) is 18.3. The summed E-state index contributed by atoms with van der Waals surface area (Å²) in [6, 6.07) is 16.4. The zero-order valence-corrected chi connectivity index (χ0v) is 22.3. The molecule has 1 aromatic heterocycles. The lowest BCUT2D eigenvalue weighted by molar-refractivity contribution is -0.203. The minimum absolute atomic E-state index is 0.0309. The van der Waals surface area contributed by atoms with Crippen molar-refractivity contribution in [3.8, 4) is 11.1 Å². The van der Waals surface area contributed by atoms with Crippen molar-refractivity contribution in [2.75, 3.05) is 19.8 Å². The van der Waals surface area contributed by atoms with Crippen LogP contribution >= 0.6 is 23.2 Å². The second-order valence-electron chi connectivity index (χ2n) is 10.3. The number of aliphatic hydroxyl groups is 3. The minimum atomic E-state index is -1.15. The molecule has 2 atom stereocenters. The molecule has 3 aromatic rings. The van der Waals surface area contributed by atoms with Gasteiger partial charge in [0.2, 0.25) is 0 Å². The third-order valence-electron chi connectivity index (χ3n) is 7.58. The highest BCUT2D eigenvalue weighted by molar-refractivity contribution is 6.30. The van der Waals surface area contributed by atoms with E-state index < -0.39 is 11.6 Å². The van der Waals surface area contributed by atoms with Crippen LogP contribution in [0.5, 0.6) is 0 Å². The van der Waals surface area contributed by atoms with Gasteiger partial charge in [-0.2, -0.15) is 0 Å². The van der Waals surface area contributed by atoms with E-state index in [1.54, 1.807) is 36.5 Å². The van der Waals surface area contributed by atoms with Crippen molar-refractivity contribution < 1.29 is 25.0 Å². The normalized spacial score (nSPS) is 20.4. The Kier molecular flexibility index (Phi) is 7.78. The summed E-state index contributed by atoms with van der Waals surface area (Å²) >= 11 is 12.3. The molecule has 2 aromatic carbocycles. The van der Waals surface area contributed by atoms with E-state index in [1.807, 2.05) is 24.3 Å². The van der Waals surface area contributed by atoms with Crippen LogP contribution in [0.4, 0.5) is 0 Å². The molecule has 7 nitrogen and oxygen atoms in total. The van der Waals surface area contributed by atoms with E-state index in [0.29, 0.717) is 21.3 Å². The molecule has 2 aliphatic rings. The number of hydrogen-bond acceptors (Lipinski definition) is 6. The van der Waals surface area contributed by atoms with Crippen molar-refractivity contribution in [2.45, 2.75) is 43.7 Å². The van der Waals surface area contributed by atoms with Gasteiger partial charge in [-0.25, -0.2) is 5.06 Å². The smallest absolute Gasteiger partial charge is 0.278 e. The molecule has 38 heavy (non-hydrogen) atoms. The molecular formula is C29H30Cl2N2O5. The first kappa shape index (κ1) is 27.1. The molecule has 0 saturated heterocycles. The number of aliphatic hydroxyl groups excluding tert-OH is 3. The quantitative estimate of drug-likeness (QED) is 0.314. The SMILES string of the molecule is O=C1c2cccc(-c3ccc(Cl)cc3)c2[C@@](Cc2ccc(Cl)cn2)(CC(O)CCO)N1OCC1(CO)CC1. The second-order valence-corrected chi connectivity index (χ2v) is 11.2. The number of hydrogen-bond donors (Lipinski definition) is 3. The third-order valence-corrected chi connectivity index (χ3v) is 8.05. The number of halogens is 2. The first-order valence-corrected chi connectivity index (χ1v) is 13.4. The highest BCUT2D eigenvalue weighted by Crippen LogP contribution is 2.51. The summed E-state index contributed by atoms with van der Waals surface area (Å²) in [5.74, 6) is -0.324. The highest BCUT2D eigenvalue weighted by atomic mass is 35.5. The van der Waals surface area contributed by atoms with E-state index in [0.717, 1.165) is 29.5 Å². The van der Waals surface area contributed by atoms with Gasteiger partial charge in [0.15, 0.2) is 0 Å². The Bertz CT molecular complexity index is 1300. The number of amides is 1. The number of nitrogens with zero attached hydrogens (tertiary/aromatic N) is 2. The van der Waals surface area contributed by atoms with E-state index in [1.165, 1.54) is 5.06 Å². The average Bonchev–Trinajstić information content (AvgIpc) is 3.66. The number of hydroxylamine groups is 2. The van der Waals surface area contributed by atoms with Gasteiger partial charge in [-0.05, 0) is 60.7 Å². The Balaban J connectivity index is 1.69. The van der Waals surface area contributed by atoms with Crippen molar-refractivity contribution in [3.05, 3.63) is 87.7 Å². The molecule has 2 heterocycles. The number of fused-ring (bicyclic) bond motifs is 1. The van der Waals surface area contributed by atoms with Gasteiger partial charge < -0.3 is 15.3 Å². The van der Waals surface area contributed by atoms with Crippen molar-refractivity contribution in [1.29, 1.82) is 0 Å². The van der Waals surface area contributed by atoms with Gasteiger partial charge in [0.1, 0.15) is 5.54 Å². The number of rotatable bonds is 11. The van der Waals surface area contributed by atoms with Gasteiger partial charge in [-0.3, -0.25) is 14.6 Å². The summed E-state index contributed by atoms with van der Waals surface area (Å²) in [6.07, 6.45) is 2.73. The van der Waals surface area contributed by atoms with Gasteiger partial charge >= 0.3 is 0 Å². The van der Waals surface area contributed by atoms with Crippen molar-refractivity contribution >= 4 is 29.1 Å². The van der Waals surface area contributed by atoms with E-state index in [-0.39, 0.29) is 50.4 Å². The lowest BCUT2D eigenvalue weighted by Gasteiger charge is -2.40. The third kappa shape index (κ3) is 5.19. The summed E-state index contributed by atoms with van der Waals surface area (Å²) in [6.45, 7) is -0.0627. The number of carbonyl (C=O) groups excluding carboxylic acids is 1. The number of aromatic nitrogens is 1. The van der Waals surface area contributed by atoms with E-state index in [2.05, 4.69) is 4.98 Å². The predicted octanol–water partition coefficient (Wildman–Crippen LogP) is 4.79. The summed E-state index contributed by atoms with van der Waals surface area (Å²) in [5, 5.41) is 33.0. The molecule has 0 radical (unpaired) electrons. The van der Waals surface area contributed by atoms with Crippen LogP contribution in [0.2, 0.25) is 10.0 Å². The van der Waals surface area contributed by atoms with Crippen LogP contribution in [0.3, 0.4) is 0 Å². The van der Waals surface area contributed by atoms with Gasteiger partial charge in [-0.1, -0.05) is 47.5 Å². The van der Waals surface area contributed by atoms with Crippen LogP contribution in [0, 0.1) is 5.41 Å². The molecule has 3 N–H and O–H groups in total. The number of carbonyl (C=O) groups is 1. The zero-order valence-electron chi connectivity index (χ0n) is 20.8. The van der Waals surface area contributed by atoms with Gasteiger partial charge in [0.05, 0.1) is 24.3 Å². The summed E-state index contributed by atoms with van der Waals surface area (Å²) in [5.41, 5.74) is 2.00. The second kappa shape index (κ2) is 10.9. The molecule has 0 bridgehead atoms. The van der Waals surface area contributed by atoms with Crippen LogP contribution in [-0.2, 0) is 16.8 Å². The van der Waals surface area contributed by atoms with E-state index in [4.69, 9.17) is 28.0 Å². The van der Waals surface area contributed by atoms with Gasteiger partial charge in [0, 0.05) is 52.9 Å². The average molecular weight is 557 g/mol. The lowest BCUT2D eigenvalue weighted by Crippen LogP contribution is -2.49. The molecule has 1 unspecified atom stereocenters. The molecule has 1 amide bonds. The molecule has 1 aliphatic carbocycles. The van der Waals surface area contributed by atoms with Crippen LogP contribution in [-0.4, -0.2) is 57.2 Å². The predicted molar refractivity (Wildman–Crippen MR) is 145 cm³/mol. The highest BCUT2D eigenvalue weighted by Gasteiger charge is 2.55. The largest absolute Gasteiger partial charge is 0.396 e. The van der Waals surface area contributed by atoms with Gasteiger partial charge in [-0.15, -0.1) is 0 Å². The first-order valence-electron chi connectivity index (χ1n) is 12.7. The Morgan fingerprint density at radius 1 is 1.00 bits per heavy atom. The topological polar surface area (TPSA) is 103 Å². The molecule has 9 heteroatoms. The molecule has 1 aliphatic heterocycles. The van der Waals surface area contributed by atoms with Crippen LogP contribution in [0.25, 0.3) is 11.1 Å². The Hall–Kier alpha value is -2.52. The zero-order chi connectivity index (χ0) is 26.9. The fraction of sp³-hybridized carbons (Fsp3) is 0.379. The summed E-state index contributed by atoms with van der Waals surface area (Å²) in [7, 11) is 0. The van der Waals surface area contributed by atoms with E-state index in [9.17, 15) is 20.1 Å². The molecule has 1 saturated carbocycles. The van der Waals surface area contributed by atoms with Crippen molar-refractivity contribution in [3.63, 3.8) is 0 Å². The minimum Gasteiger partial charge on any atom is -0.396 e.